The first-order chi connectivity index (χ1) is 11.6. The zero-order valence-electron chi connectivity index (χ0n) is 13.4. The molecule has 1 atom stereocenters. The molecule has 0 unspecified atom stereocenters. The Balaban J connectivity index is 1.47. The van der Waals surface area contributed by atoms with E-state index in [1.54, 1.807) is 17.9 Å². The Bertz CT molecular complexity index is 878. The van der Waals surface area contributed by atoms with Crippen molar-refractivity contribution in [2.24, 2.45) is 0 Å². The largest absolute Gasteiger partial charge is 0.460 e. The van der Waals surface area contributed by atoms with E-state index in [9.17, 15) is 4.79 Å². The SMILES string of the molecule is Cc1noc([C@H]2CCN(C(=O)c3cc(-c4ccc(C)o4)[nH]n3)C2)n1. The van der Waals surface area contributed by atoms with Gasteiger partial charge in [0.25, 0.3) is 5.91 Å². The van der Waals surface area contributed by atoms with Crippen molar-refractivity contribution in [3.63, 3.8) is 0 Å². The molecule has 0 saturated carbocycles. The van der Waals surface area contributed by atoms with Gasteiger partial charge in [0.1, 0.15) is 11.5 Å². The van der Waals surface area contributed by atoms with Crippen LogP contribution in [0.15, 0.2) is 27.1 Å². The van der Waals surface area contributed by atoms with E-state index < -0.39 is 0 Å². The van der Waals surface area contributed by atoms with Crippen LogP contribution in [0.1, 0.15) is 40.3 Å². The second-order valence-electron chi connectivity index (χ2n) is 5.99. The van der Waals surface area contributed by atoms with Crippen LogP contribution in [0.2, 0.25) is 0 Å². The highest BCUT2D eigenvalue weighted by atomic mass is 16.5. The first-order valence-electron chi connectivity index (χ1n) is 7.82. The summed E-state index contributed by atoms with van der Waals surface area (Å²) in [5, 5.41) is 10.8. The molecular formula is C16H17N5O3. The number of hydrogen-bond acceptors (Lipinski definition) is 6. The van der Waals surface area contributed by atoms with Gasteiger partial charge in [-0.2, -0.15) is 10.1 Å². The first-order valence-corrected chi connectivity index (χ1v) is 7.82. The number of nitrogens with zero attached hydrogens (tertiary/aromatic N) is 4. The number of aromatic amines is 1. The normalized spacial score (nSPS) is 17.6. The van der Waals surface area contributed by atoms with Gasteiger partial charge < -0.3 is 13.8 Å². The monoisotopic (exact) mass is 327 g/mol. The molecular weight excluding hydrogens is 310 g/mol. The smallest absolute Gasteiger partial charge is 0.274 e. The summed E-state index contributed by atoms with van der Waals surface area (Å²) in [7, 11) is 0. The molecule has 4 rings (SSSR count). The van der Waals surface area contributed by atoms with E-state index in [1.165, 1.54) is 0 Å². The fourth-order valence-electron chi connectivity index (χ4n) is 2.92. The van der Waals surface area contributed by atoms with Crippen LogP contribution in [-0.2, 0) is 0 Å². The Labute approximate surface area is 137 Å². The van der Waals surface area contributed by atoms with Crippen molar-refractivity contribution >= 4 is 5.91 Å². The molecule has 0 bridgehead atoms. The number of rotatable bonds is 3. The Morgan fingerprint density at radius 2 is 2.25 bits per heavy atom. The Kier molecular flexibility index (Phi) is 3.44. The highest BCUT2D eigenvalue weighted by Gasteiger charge is 2.32. The standard InChI is InChI=1S/C16H17N5O3/c1-9-3-4-14(23-9)12-7-13(19-18-12)16(22)21-6-5-11(8-21)15-17-10(2)20-24-15/h3-4,7,11H,5-6,8H2,1-2H3,(H,18,19)/t11-/m0/s1. The van der Waals surface area contributed by atoms with Crippen molar-refractivity contribution in [2.75, 3.05) is 13.1 Å². The molecule has 3 aromatic heterocycles. The van der Waals surface area contributed by atoms with Gasteiger partial charge >= 0.3 is 0 Å². The minimum Gasteiger partial charge on any atom is -0.460 e. The summed E-state index contributed by atoms with van der Waals surface area (Å²) in [6.45, 7) is 4.86. The minimum absolute atomic E-state index is 0.0845. The van der Waals surface area contributed by atoms with Gasteiger partial charge in [-0.1, -0.05) is 5.16 Å². The summed E-state index contributed by atoms with van der Waals surface area (Å²) in [4.78, 5) is 18.6. The third-order valence-corrected chi connectivity index (χ3v) is 4.17. The van der Waals surface area contributed by atoms with Gasteiger partial charge in [-0.3, -0.25) is 9.89 Å². The molecule has 3 aromatic rings. The molecule has 124 valence electrons. The molecule has 0 aliphatic carbocycles. The first kappa shape index (κ1) is 14.7. The second-order valence-corrected chi connectivity index (χ2v) is 5.99. The lowest BCUT2D eigenvalue weighted by Gasteiger charge is -2.13. The van der Waals surface area contributed by atoms with Crippen molar-refractivity contribution in [1.82, 2.24) is 25.2 Å². The molecule has 1 N–H and O–H groups in total. The quantitative estimate of drug-likeness (QED) is 0.792. The predicted molar refractivity (Wildman–Crippen MR) is 83.3 cm³/mol. The Hall–Kier alpha value is -2.90. The highest BCUT2D eigenvalue weighted by Crippen LogP contribution is 2.27. The molecule has 1 aliphatic heterocycles. The van der Waals surface area contributed by atoms with Crippen LogP contribution < -0.4 is 0 Å². The topological polar surface area (TPSA) is 101 Å². The molecule has 8 nitrogen and oxygen atoms in total. The lowest BCUT2D eigenvalue weighted by Crippen LogP contribution is -2.28. The maximum Gasteiger partial charge on any atom is 0.274 e. The number of carbonyl (C=O) groups is 1. The lowest BCUT2D eigenvalue weighted by molar-refractivity contribution is 0.0783. The van der Waals surface area contributed by atoms with Crippen molar-refractivity contribution in [3.8, 4) is 11.5 Å². The third kappa shape index (κ3) is 2.60. The molecule has 1 fully saturated rings. The summed E-state index contributed by atoms with van der Waals surface area (Å²) >= 11 is 0. The summed E-state index contributed by atoms with van der Waals surface area (Å²) in [6, 6.07) is 5.43. The fraction of sp³-hybridized carbons (Fsp3) is 0.375. The molecule has 0 aromatic carbocycles. The van der Waals surface area contributed by atoms with E-state index in [-0.39, 0.29) is 11.8 Å². The average molecular weight is 327 g/mol. The molecule has 4 heterocycles. The second kappa shape index (κ2) is 5.63. The molecule has 1 amide bonds. The number of carbonyl (C=O) groups excluding carboxylic acids is 1. The third-order valence-electron chi connectivity index (χ3n) is 4.17. The van der Waals surface area contributed by atoms with Gasteiger partial charge in [0, 0.05) is 19.2 Å². The summed E-state index contributed by atoms with van der Waals surface area (Å²) in [6.07, 6.45) is 0.808. The van der Waals surface area contributed by atoms with Crippen molar-refractivity contribution in [2.45, 2.75) is 26.2 Å². The molecule has 8 heteroatoms. The van der Waals surface area contributed by atoms with E-state index in [4.69, 9.17) is 8.94 Å². The molecule has 24 heavy (non-hydrogen) atoms. The van der Waals surface area contributed by atoms with Gasteiger partial charge in [0.15, 0.2) is 17.3 Å². The zero-order chi connectivity index (χ0) is 16.7. The van der Waals surface area contributed by atoms with Gasteiger partial charge in [0.05, 0.1) is 5.92 Å². The van der Waals surface area contributed by atoms with Crippen molar-refractivity contribution in [1.29, 1.82) is 0 Å². The number of likely N-dealkylation sites (tertiary alicyclic amines) is 1. The van der Waals surface area contributed by atoms with Crippen LogP contribution in [0, 0.1) is 13.8 Å². The van der Waals surface area contributed by atoms with E-state index in [2.05, 4.69) is 20.3 Å². The molecule has 1 saturated heterocycles. The van der Waals surface area contributed by atoms with Gasteiger partial charge in [-0.05, 0) is 32.4 Å². The summed E-state index contributed by atoms with van der Waals surface area (Å²) in [5.41, 5.74) is 1.07. The van der Waals surface area contributed by atoms with Crippen LogP contribution in [0.5, 0.6) is 0 Å². The lowest BCUT2D eigenvalue weighted by atomic mass is 10.1. The number of amides is 1. The highest BCUT2D eigenvalue weighted by molar-refractivity contribution is 5.93. The number of aromatic nitrogens is 4. The summed E-state index contributed by atoms with van der Waals surface area (Å²) < 4.78 is 10.8. The number of furan rings is 1. The van der Waals surface area contributed by atoms with E-state index in [0.717, 1.165) is 12.2 Å². The van der Waals surface area contributed by atoms with Crippen molar-refractivity contribution < 1.29 is 13.7 Å². The molecule has 0 spiro atoms. The Morgan fingerprint density at radius 3 is 2.96 bits per heavy atom. The average Bonchev–Trinajstić information content (AvgIpc) is 3.33. The van der Waals surface area contributed by atoms with Gasteiger partial charge in [-0.15, -0.1) is 0 Å². The van der Waals surface area contributed by atoms with Crippen LogP contribution in [0.25, 0.3) is 11.5 Å². The zero-order valence-corrected chi connectivity index (χ0v) is 13.4. The van der Waals surface area contributed by atoms with Gasteiger partial charge in [0.2, 0.25) is 5.89 Å². The fourth-order valence-corrected chi connectivity index (χ4v) is 2.92. The number of hydrogen-bond donors (Lipinski definition) is 1. The van der Waals surface area contributed by atoms with Crippen molar-refractivity contribution in [3.05, 3.63) is 41.4 Å². The van der Waals surface area contributed by atoms with Crippen LogP contribution in [-0.4, -0.2) is 44.2 Å². The van der Waals surface area contributed by atoms with Crippen LogP contribution in [0.4, 0.5) is 0 Å². The molecule has 0 radical (unpaired) electrons. The maximum atomic E-state index is 12.6. The minimum atomic E-state index is -0.112. The summed E-state index contributed by atoms with van der Waals surface area (Å²) in [5.74, 6) is 2.65. The Morgan fingerprint density at radius 1 is 1.38 bits per heavy atom. The van der Waals surface area contributed by atoms with E-state index >= 15 is 0 Å². The predicted octanol–water partition coefficient (Wildman–Crippen LogP) is 2.30. The van der Waals surface area contributed by atoms with E-state index in [1.807, 2.05) is 19.1 Å². The van der Waals surface area contributed by atoms with E-state index in [0.29, 0.717) is 42.0 Å². The number of aryl methyl sites for hydroxylation is 2. The van der Waals surface area contributed by atoms with Gasteiger partial charge in [-0.25, -0.2) is 0 Å². The van der Waals surface area contributed by atoms with Crippen LogP contribution in [0.3, 0.4) is 0 Å². The van der Waals surface area contributed by atoms with Crippen LogP contribution >= 0.6 is 0 Å². The number of nitrogens with one attached hydrogen (secondary N) is 1. The molecule has 1 aliphatic rings. The number of H-pyrrole nitrogens is 1. The maximum absolute atomic E-state index is 12.6.